The lowest BCUT2D eigenvalue weighted by Crippen LogP contribution is -2.07. The van der Waals surface area contributed by atoms with Crippen molar-refractivity contribution in [3.05, 3.63) is 12.2 Å². The number of rotatable bonds is 6. The number of carbonyl (C=O) groups is 1. The molecule has 68 valence electrons. The van der Waals surface area contributed by atoms with Crippen LogP contribution in [0, 0.1) is 5.41 Å². The number of carbonyl (C=O) groups excluding carboxylic acids is 1. The maximum atomic E-state index is 10.6. The molecule has 0 aromatic rings. The van der Waals surface area contributed by atoms with Crippen LogP contribution in [-0.2, 0) is 4.79 Å². The van der Waals surface area contributed by atoms with E-state index < -0.39 is 0 Å². The zero-order chi connectivity index (χ0) is 9.40. The molecule has 0 spiro atoms. The normalized spacial score (nSPS) is 10.5. The van der Waals surface area contributed by atoms with Gasteiger partial charge >= 0.3 is 0 Å². The summed E-state index contributed by atoms with van der Waals surface area (Å²) in [6, 6.07) is 0. The van der Waals surface area contributed by atoms with Gasteiger partial charge < -0.3 is 5.41 Å². The minimum atomic E-state index is -0.102. The van der Waals surface area contributed by atoms with Crippen LogP contribution in [-0.4, -0.2) is 11.5 Å². The van der Waals surface area contributed by atoms with Crippen LogP contribution in [0.4, 0.5) is 0 Å². The van der Waals surface area contributed by atoms with Crippen molar-refractivity contribution in [2.24, 2.45) is 0 Å². The van der Waals surface area contributed by atoms with Crippen LogP contribution in [0.15, 0.2) is 12.2 Å². The molecule has 0 aromatic heterocycles. The summed E-state index contributed by atoms with van der Waals surface area (Å²) in [6.07, 6.45) is 7.77. The lowest BCUT2D eigenvalue weighted by Gasteiger charge is -1.95. The van der Waals surface area contributed by atoms with E-state index in [1.54, 1.807) is 0 Å². The molecule has 2 nitrogen and oxygen atoms in total. The summed E-state index contributed by atoms with van der Waals surface area (Å²) in [7, 11) is 0. The van der Waals surface area contributed by atoms with Crippen molar-refractivity contribution < 1.29 is 4.79 Å². The number of ketones is 1. The molecule has 0 atom stereocenters. The first-order valence-electron chi connectivity index (χ1n) is 4.41. The van der Waals surface area contributed by atoms with Crippen LogP contribution in [0.5, 0.6) is 0 Å². The van der Waals surface area contributed by atoms with Crippen molar-refractivity contribution >= 4 is 11.5 Å². The number of nitrogens with one attached hydrogen (secondary N) is 1. The maximum absolute atomic E-state index is 10.6. The highest BCUT2D eigenvalue weighted by Gasteiger charge is 2.00. The number of hydrogen-bond donors (Lipinski definition) is 1. The fourth-order valence-electron chi connectivity index (χ4n) is 0.857. The zero-order valence-corrected chi connectivity index (χ0v) is 7.89. The second-order valence-electron chi connectivity index (χ2n) is 2.81. The number of allylic oxidation sites excluding steroid dienone is 2. The molecule has 0 rings (SSSR count). The molecular formula is C10H17NO. The van der Waals surface area contributed by atoms with Gasteiger partial charge in [-0.2, -0.15) is 0 Å². The molecule has 0 aliphatic carbocycles. The predicted molar refractivity (Wildman–Crippen MR) is 51.7 cm³/mol. The number of Topliss-reactive ketones (excluding diaryl/α,β-unsaturated/α-hetero) is 1. The third-order valence-electron chi connectivity index (χ3n) is 1.62. The average molecular weight is 167 g/mol. The van der Waals surface area contributed by atoms with Gasteiger partial charge in [0.2, 0.25) is 0 Å². The molecule has 0 saturated carbocycles. The van der Waals surface area contributed by atoms with E-state index in [4.69, 9.17) is 5.41 Å². The topological polar surface area (TPSA) is 40.9 Å². The van der Waals surface area contributed by atoms with Crippen LogP contribution in [0.3, 0.4) is 0 Å². The molecule has 12 heavy (non-hydrogen) atoms. The van der Waals surface area contributed by atoms with Gasteiger partial charge in [0.05, 0.1) is 5.71 Å². The van der Waals surface area contributed by atoms with Crippen LogP contribution >= 0.6 is 0 Å². The van der Waals surface area contributed by atoms with Crippen LogP contribution < -0.4 is 0 Å². The minimum Gasteiger partial charge on any atom is -0.302 e. The summed E-state index contributed by atoms with van der Waals surface area (Å²) in [6.45, 7) is 3.54. The Bertz CT molecular complexity index is 182. The minimum absolute atomic E-state index is 0.102. The predicted octanol–water partition coefficient (Wildman–Crippen LogP) is 2.73. The molecule has 0 unspecified atom stereocenters. The summed E-state index contributed by atoms with van der Waals surface area (Å²) in [5, 5.41) is 7.25. The lowest BCUT2D eigenvalue weighted by molar-refractivity contribution is -0.111. The maximum Gasteiger partial charge on any atom is 0.173 e. The van der Waals surface area contributed by atoms with Crippen molar-refractivity contribution in [3.63, 3.8) is 0 Å². The Morgan fingerprint density at radius 1 is 1.42 bits per heavy atom. The molecule has 0 saturated heterocycles. The van der Waals surface area contributed by atoms with E-state index in [0.29, 0.717) is 6.42 Å². The van der Waals surface area contributed by atoms with Crippen molar-refractivity contribution in [1.82, 2.24) is 0 Å². The van der Waals surface area contributed by atoms with E-state index in [1.165, 1.54) is 6.92 Å². The summed E-state index contributed by atoms with van der Waals surface area (Å²) in [4.78, 5) is 10.6. The van der Waals surface area contributed by atoms with E-state index >= 15 is 0 Å². The van der Waals surface area contributed by atoms with Crippen molar-refractivity contribution in [2.75, 3.05) is 0 Å². The van der Waals surface area contributed by atoms with Crippen molar-refractivity contribution in [3.8, 4) is 0 Å². The second kappa shape index (κ2) is 6.77. The van der Waals surface area contributed by atoms with E-state index in [1.807, 2.05) is 0 Å². The first-order chi connectivity index (χ1) is 5.68. The van der Waals surface area contributed by atoms with Crippen molar-refractivity contribution in [1.29, 1.82) is 5.41 Å². The van der Waals surface area contributed by atoms with Gasteiger partial charge in [-0.05, 0) is 25.7 Å². The molecule has 0 aliphatic rings. The molecule has 0 aromatic carbocycles. The summed E-state index contributed by atoms with van der Waals surface area (Å²) < 4.78 is 0. The molecule has 2 heteroatoms. The van der Waals surface area contributed by atoms with E-state index in [2.05, 4.69) is 19.1 Å². The Kier molecular flexibility index (Phi) is 6.25. The summed E-state index contributed by atoms with van der Waals surface area (Å²) in [5.41, 5.74) is 0.250. The molecular weight excluding hydrogens is 150 g/mol. The Balaban J connectivity index is 3.38. The van der Waals surface area contributed by atoms with Crippen LogP contribution in [0.2, 0.25) is 0 Å². The highest BCUT2D eigenvalue weighted by molar-refractivity contribution is 6.37. The third kappa shape index (κ3) is 5.83. The largest absolute Gasteiger partial charge is 0.302 e. The van der Waals surface area contributed by atoms with Crippen LogP contribution in [0.1, 0.15) is 39.5 Å². The molecule has 0 amide bonds. The molecule has 0 bridgehead atoms. The summed E-state index contributed by atoms with van der Waals surface area (Å²) in [5.74, 6) is -0.102. The zero-order valence-electron chi connectivity index (χ0n) is 7.89. The fraction of sp³-hybridized carbons (Fsp3) is 0.600. The second-order valence-corrected chi connectivity index (χ2v) is 2.81. The Morgan fingerprint density at radius 2 is 2.08 bits per heavy atom. The molecule has 1 N–H and O–H groups in total. The van der Waals surface area contributed by atoms with Gasteiger partial charge in [-0.15, -0.1) is 0 Å². The van der Waals surface area contributed by atoms with E-state index in [-0.39, 0.29) is 11.5 Å². The summed E-state index contributed by atoms with van der Waals surface area (Å²) >= 11 is 0. The van der Waals surface area contributed by atoms with Gasteiger partial charge in [-0.25, -0.2) is 0 Å². The van der Waals surface area contributed by atoms with E-state index in [0.717, 1.165) is 19.3 Å². The standard InChI is InChI=1S/C10H17NO/c1-3-4-5-6-7-8-10(11)9(2)12/h4-5,11H,3,6-8H2,1-2H3/b5-4-,11-10?. The quantitative estimate of drug-likeness (QED) is 0.369. The smallest absolute Gasteiger partial charge is 0.173 e. The lowest BCUT2D eigenvalue weighted by atomic mass is 10.1. The van der Waals surface area contributed by atoms with E-state index in [9.17, 15) is 4.79 Å². The highest BCUT2D eigenvalue weighted by Crippen LogP contribution is 1.99. The van der Waals surface area contributed by atoms with Gasteiger partial charge in [0.25, 0.3) is 0 Å². The van der Waals surface area contributed by atoms with Gasteiger partial charge in [-0.1, -0.05) is 19.1 Å². The number of hydrogen-bond acceptors (Lipinski definition) is 2. The molecule has 0 aliphatic heterocycles. The Hall–Kier alpha value is -0.920. The van der Waals surface area contributed by atoms with Gasteiger partial charge in [0.15, 0.2) is 5.78 Å². The number of unbranched alkanes of at least 4 members (excludes halogenated alkanes) is 1. The Labute approximate surface area is 74.2 Å². The third-order valence-corrected chi connectivity index (χ3v) is 1.62. The van der Waals surface area contributed by atoms with Crippen LogP contribution in [0.25, 0.3) is 0 Å². The van der Waals surface area contributed by atoms with Crippen molar-refractivity contribution in [2.45, 2.75) is 39.5 Å². The van der Waals surface area contributed by atoms with Gasteiger partial charge in [0.1, 0.15) is 0 Å². The Morgan fingerprint density at radius 3 is 2.58 bits per heavy atom. The first-order valence-corrected chi connectivity index (χ1v) is 4.41. The van der Waals surface area contributed by atoms with Gasteiger partial charge in [0, 0.05) is 6.92 Å². The molecule has 0 radical (unpaired) electrons. The highest BCUT2D eigenvalue weighted by atomic mass is 16.1. The van der Waals surface area contributed by atoms with Gasteiger partial charge in [-0.3, -0.25) is 4.79 Å². The monoisotopic (exact) mass is 167 g/mol. The first kappa shape index (κ1) is 11.1. The fourth-order valence-corrected chi connectivity index (χ4v) is 0.857. The molecule has 0 fully saturated rings. The molecule has 0 heterocycles. The SMILES string of the molecule is CC/C=C\CCCC(=N)C(C)=O. The average Bonchev–Trinajstić information content (AvgIpc) is 2.03.